The van der Waals surface area contributed by atoms with E-state index in [9.17, 15) is 4.79 Å². The number of hydrogen-bond donors (Lipinski definition) is 0. The summed E-state index contributed by atoms with van der Waals surface area (Å²) in [6.07, 6.45) is 7.95. The molecule has 2 aliphatic rings. The zero-order valence-corrected chi connectivity index (χ0v) is 15.2. The highest BCUT2D eigenvalue weighted by atomic mass is 16.2. The van der Waals surface area contributed by atoms with E-state index >= 15 is 0 Å². The van der Waals surface area contributed by atoms with Gasteiger partial charge >= 0.3 is 0 Å². The predicted octanol–water partition coefficient (Wildman–Crippen LogP) is 3.95. The molecular weight excluding hydrogens is 324 g/mol. The molecule has 5 heteroatoms. The number of anilines is 1. The van der Waals surface area contributed by atoms with Gasteiger partial charge in [-0.05, 0) is 61.4 Å². The van der Waals surface area contributed by atoms with Crippen LogP contribution in [-0.2, 0) is 11.8 Å². The molecule has 0 unspecified atom stereocenters. The van der Waals surface area contributed by atoms with Crippen molar-refractivity contribution < 1.29 is 4.79 Å². The first-order chi connectivity index (χ1) is 12.6. The first-order valence-electron chi connectivity index (χ1n) is 9.35. The minimum atomic E-state index is 0.221. The fourth-order valence-corrected chi connectivity index (χ4v) is 4.02. The van der Waals surface area contributed by atoms with Gasteiger partial charge in [0.1, 0.15) is 0 Å². The van der Waals surface area contributed by atoms with Gasteiger partial charge in [0.15, 0.2) is 0 Å². The highest BCUT2D eigenvalue weighted by molar-refractivity contribution is 5.99. The number of rotatable bonds is 3. The van der Waals surface area contributed by atoms with Crippen molar-refractivity contribution in [2.75, 3.05) is 11.4 Å². The van der Waals surface area contributed by atoms with E-state index in [1.165, 1.54) is 23.8 Å². The molecule has 1 saturated heterocycles. The third kappa shape index (κ3) is 2.50. The second kappa shape index (κ2) is 5.66. The van der Waals surface area contributed by atoms with Crippen LogP contribution < -0.4 is 4.90 Å². The molecule has 0 atom stereocenters. The number of nitrogens with zero attached hydrogens (tertiary/aromatic N) is 4. The van der Waals surface area contributed by atoms with E-state index in [-0.39, 0.29) is 5.91 Å². The summed E-state index contributed by atoms with van der Waals surface area (Å²) in [5.74, 6) is 0.855. The van der Waals surface area contributed by atoms with Crippen LogP contribution in [0.5, 0.6) is 0 Å². The molecule has 3 heterocycles. The molecular formula is C21H22N4O. The number of benzene rings is 1. The normalized spacial score (nSPS) is 17.5. The maximum atomic E-state index is 12.2. The molecule has 1 aliphatic heterocycles. The summed E-state index contributed by atoms with van der Waals surface area (Å²) in [5, 5.41) is 5.52. The fraction of sp³-hybridized carbons (Fsp3) is 0.381. The van der Waals surface area contributed by atoms with Crippen LogP contribution in [-0.4, -0.2) is 27.2 Å². The number of fused-ring (bicyclic) bond motifs is 1. The number of aryl methyl sites for hydroxylation is 2. The molecule has 0 bridgehead atoms. The van der Waals surface area contributed by atoms with Crippen LogP contribution in [0.15, 0.2) is 30.6 Å². The quantitative estimate of drug-likeness (QED) is 0.721. The second-order valence-corrected chi connectivity index (χ2v) is 7.58. The number of pyridine rings is 1. The first-order valence-corrected chi connectivity index (χ1v) is 9.35. The van der Waals surface area contributed by atoms with Crippen molar-refractivity contribution in [3.63, 3.8) is 0 Å². The molecule has 132 valence electrons. The number of carbonyl (C=O) groups is 1. The predicted molar refractivity (Wildman–Crippen MR) is 102 cm³/mol. The van der Waals surface area contributed by atoms with Crippen LogP contribution in [0.4, 0.5) is 5.69 Å². The minimum Gasteiger partial charge on any atom is -0.312 e. The van der Waals surface area contributed by atoms with Crippen molar-refractivity contribution in [3.05, 3.63) is 41.7 Å². The minimum absolute atomic E-state index is 0.221. The Hall–Kier alpha value is -2.69. The second-order valence-electron chi connectivity index (χ2n) is 7.58. The molecule has 1 aromatic carbocycles. The lowest BCUT2D eigenvalue weighted by molar-refractivity contribution is -0.117. The van der Waals surface area contributed by atoms with Gasteiger partial charge < -0.3 is 4.90 Å². The summed E-state index contributed by atoms with van der Waals surface area (Å²) in [6, 6.07) is 6.57. The van der Waals surface area contributed by atoms with Gasteiger partial charge in [-0.2, -0.15) is 5.10 Å². The van der Waals surface area contributed by atoms with Crippen molar-refractivity contribution in [2.24, 2.45) is 7.05 Å². The summed E-state index contributed by atoms with van der Waals surface area (Å²) in [6.45, 7) is 2.91. The Morgan fingerprint density at radius 3 is 2.69 bits per heavy atom. The fourth-order valence-electron chi connectivity index (χ4n) is 4.02. The molecule has 5 rings (SSSR count). The Kier molecular flexibility index (Phi) is 3.39. The van der Waals surface area contributed by atoms with Gasteiger partial charge in [0.05, 0.1) is 17.4 Å². The summed E-state index contributed by atoms with van der Waals surface area (Å²) in [5.41, 5.74) is 6.54. The van der Waals surface area contributed by atoms with Crippen molar-refractivity contribution in [2.45, 2.75) is 38.5 Å². The molecule has 2 aromatic heterocycles. The summed E-state index contributed by atoms with van der Waals surface area (Å²) in [4.78, 5) is 19.1. The maximum Gasteiger partial charge on any atom is 0.227 e. The van der Waals surface area contributed by atoms with Crippen molar-refractivity contribution >= 4 is 22.5 Å². The zero-order valence-electron chi connectivity index (χ0n) is 15.2. The molecule has 2 fully saturated rings. The van der Waals surface area contributed by atoms with Crippen LogP contribution in [0, 0.1) is 6.92 Å². The van der Waals surface area contributed by atoms with Gasteiger partial charge in [0.2, 0.25) is 5.91 Å². The van der Waals surface area contributed by atoms with Gasteiger partial charge in [0.25, 0.3) is 0 Å². The van der Waals surface area contributed by atoms with E-state index in [1.807, 2.05) is 29.0 Å². The van der Waals surface area contributed by atoms with Crippen LogP contribution in [0.3, 0.4) is 0 Å². The lowest BCUT2D eigenvalue weighted by atomic mass is 9.99. The van der Waals surface area contributed by atoms with Gasteiger partial charge in [0, 0.05) is 42.8 Å². The van der Waals surface area contributed by atoms with E-state index in [1.54, 1.807) is 0 Å². The monoisotopic (exact) mass is 346 g/mol. The highest BCUT2D eigenvalue weighted by Crippen LogP contribution is 2.45. The molecule has 1 saturated carbocycles. The van der Waals surface area contributed by atoms with Gasteiger partial charge in [-0.3, -0.25) is 9.48 Å². The smallest absolute Gasteiger partial charge is 0.227 e. The Morgan fingerprint density at radius 1 is 1.19 bits per heavy atom. The van der Waals surface area contributed by atoms with Crippen LogP contribution in [0.25, 0.3) is 22.2 Å². The number of hydrogen-bond acceptors (Lipinski definition) is 3. The van der Waals surface area contributed by atoms with Crippen LogP contribution in [0.1, 0.15) is 42.7 Å². The summed E-state index contributed by atoms with van der Waals surface area (Å²) < 4.78 is 1.81. The average molecular weight is 346 g/mol. The zero-order chi connectivity index (χ0) is 17.8. The Morgan fingerprint density at radius 2 is 2.04 bits per heavy atom. The molecule has 0 radical (unpaired) electrons. The van der Waals surface area contributed by atoms with E-state index in [2.05, 4.69) is 30.2 Å². The Labute approximate surface area is 152 Å². The molecule has 1 amide bonds. The molecule has 26 heavy (non-hydrogen) atoms. The summed E-state index contributed by atoms with van der Waals surface area (Å²) in [7, 11) is 1.92. The highest BCUT2D eigenvalue weighted by Gasteiger charge is 2.28. The van der Waals surface area contributed by atoms with E-state index in [0.717, 1.165) is 41.0 Å². The number of carbonyl (C=O) groups excluding carboxylic acids is 1. The van der Waals surface area contributed by atoms with E-state index in [0.29, 0.717) is 12.3 Å². The van der Waals surface area contributed by atoms with Crippen molar-refractivity contribution in [3.8, 4) is 11.3 Å². The maximum absolute atomic E-state index is 12.2. The van der Waals surface area contributed by atoms with E-state index < -0.39 is 0 Å². The standard InChI is InChI=1S/C21H22N4O/c1-13-8-17-16(14-5-6-14)9-18(15-11-22-24(2)12-15)23-19(17)10-20(13)25-7-3-4-21(25)26/h8-12,14H,3-7H2,1-2H3. The molecule has 3 aromatic rings. The average Bonchev–Trinajstić information content (AvgIpc) is 3.24. The van der Waals surface area contributed by atoms with Gasteiger partial charge in [-0.25, -0.2) is 4.98 Å². The molecule has 0 spiro atoms. The Balaban J connectivity index is 1.71. The number of aromatic nitrogens is 3. The molecule has 1 aliphatic carbocycles. The SMILES string of the molecule is Cc1cc2c(C3CC3)cc(-c3cnn(C)c3)nc2cc1N1CCCC1=O. The van der Waals surface area contributed by atoms with Crippen molar-refractivity contribution in [1.82, 2.24) is 14.8 Å². The molecule has 0 N–H and O–H groups in total. The lowest BCUT2D eigenvalue weighted by Crippen LogP contribution is -2.24. The Bertz CT molecular complexity index is 1030. The first kappa shape index (κ1) is 15.6. The van der Waals surface area contributed by atoms with Crippen LogP contribution in [0.2, 0.25) is 0 Å². The third-order valence-electron chi connectivity index (χ3n) is 5.54. The summed E-state index contributed by atoms with van der Waals surface area (Å²) >= 11 is 0. The lowest BCUT2D eigenvalue weighted by Gasteiger charge is -2.20. The largest absolute Gasteiger partial charge is 0.312 e. The molecule has 5 nitrogen and oxygen atoms in total. The van der Waals surface area contributed by atoms with E-state index in [4.69, 9.17) is 4.98 Å². The van der Waals surface area contributed by atoms with Crippen molar-refractivity contribution in [1.29, 1.82) is 0 Å². The topological polar surface area (TPSA) is 51.0 Å². The third-order valence-corrected chi connectivity index (χ3v) is 5.54. The number of amides is 1. The van der Waals surface area contributed by atoms with Gasteiger partial charge in [-0.1, -0.05) is 0 Å². The van der Waals surface area contributed by atoms with Crippen LogP contribution >= 0.6 is 0 Å². The van der Waals surface area contributed by atoms with Gasteiger partial charge in [-0.15, -0.1) is 0 Å².